The van der Waals surface area contributed by atoms with Crippen molar-refractivity contribution in [3.63, 3.8) is 0 Å². The summed E-state index contributed by atoms with van der Waals surface area (Å²) < 4.78 is 8.27. The van der Waals surface area contributed by atoms with Gasteiger partial charge < -0.3 is 19.4 Å². The van der Waals surface area contributed by atoms with Crippen LogP contribution in [-0.2, 0) is 17.7 Å². The van der Waals surface area contributed by atoms with E-state index in [4.69, 9.17) is 14.7 Å². The van der Waals surface area contributed by atoms with Gasteiger partial charge in [-0.15, -0.1) is 0 Å². The Morgan fingerprint density at radius 3 is 2.88 bits per heavy atom. The van der Waals surface area contributed by atoms with Gasteiger partial charge in [0.2, 0.25) is 0 Å². The summed E-state index contributed by atoms with van der Waals surface area (Å²) in [6.45, 7) is 10.4. The number of hydrogen-bond acceptors (Lipinski definition) is 4. The normalized spacial score (nSPS) is 21.5. The molecule has 7 nitrogen and oxygen atoms in total. The number of aryl methyl sites for hydroxylation is 1. The number of hydrogen-bond donors (Lipinski definition) is 1. The highest BCUT2D eigenvalue weighted by molar-refractivity contribution is 5.80. The monoisotopic (exact) mass is 446 g/mol. The fourth-order valence-corrected chi connectivity index (χ4v) is 4.97. The lowest BCUT2D eigenvalue weighted by atomic mass is 10.1. The highest BCUT2D eigenvalue weighted by Crippen LogP contribution is 2.24. The number of imidazole rings is 1. The number of benzene rings is 1. The summed E-state index contributed by atoms with van der Waals surface area (Å²) in [5.41, 5.74) is 4.67. The Morgan fingerprint density at radius 2 is 2.06 bits per heavy atom. The number of ether oxygens (including phenoxy) is 1. The van der Waals surface area contributed by atoms with E-state index in [1.807, 2.05) is 0 Å². The smallest absolute Gasteiger partial charge is 0.194 e. The third-order valence-corrected chi connectivity index (χ3v) is 6.64. The van der Waals surface area contributed by atoms with E-state index in [0.717, 1.165) is 63.1 Å². The van der Waals surface area contributed by atoms with Gasteiger partial charge in [0.15, 0.2) is 5.96 Å². The Morgan fingerprint density at radius 1 is 1.18 bits per heavy atom. The number of guanidine groups is 1. The lowest BCUT2D eigenvalue weighted by Gasteiger charge is -2.36. The maximum atomic E-state index is 6.17. The SMILES string of the molecule is CCNC(=NCCc1cn2cccc(C)c2n1)N1CC2OCCN(Cc3ccccc3)C2C1. The summed E-state index contributed by atoms with van der Waals surface area (Å²) in [6.07, 6.45) is 5.23. The molecule has 0 saturated carbocycles. The molecule has 2 aromatic heterocycles. The summed E-state index contributed by atoms with van der Waals surface area (Å²) in [6, 6.07) is 15.3. The zero-order valence-corrected chi connectivity index (χ0v) is 19.7. The van der Waals surface area contributed by atoms with E-state index in [9.17, 15) is 0 Å². The highest BCUT2D eigenvalue weighted by Gasteiger charge is 2.41. The van der Waals surface area contributed by atoms with Crippen LogP contribution in [0.3, 0.4) is 0 Å². The molecule has 2 fully saturated rings. The van der Waals surface area contributed by atoms with Crippen LogP contribution in [0.2, 0.25) is 0 Å². The number of aromatic nitrogens is 2. The van der Waals surface area contributed by atoms with Crippen LogP contribution >= 0.6 is 0 Å². The first-order chi connectivity index (χ1) is 16.2. The minimum absolute atomic E-state index is 0.229. The molecule has 3 aromatic rings. The minimum Gasteiger partial charge on any atom is -0.373 e. The molecule has 5 rings (SSSR count). The maximum Gasteiger partial charge on any atom is 0.194 e. The predicted octanol–water partition coefficient (Wildman–Crippen LogP) is 2.74. The Balaban J connectivity index is 1.25. The zero-order chi connectivity index (χ0) is 22.6. The lowest BCUT2D eigenvalue weighted by molar-refractivity contribution is -0.0502. The molecular weight excluding hydrogens is 412 g/mol. The highest BCUT2D eigenvalue weighted by atomic mass is 16.5. The Labute approximate surface area is 196 Å². The molecule has 1 aromatic carbocycles. The van der Waals surface area contributed by atoms with E-state index in [1.54, 1.807) is 0 Å². The largest absolute Gasteiger partial charge is 0.373 e. The molecule has 2 aliphatic heterocycles. The molecule has 0 spiro atoms. The summed E-state index contributed by atoms with van der Waals surface area (Å²) in [7, 11) is 0. The van der Waals surface area contributed by atoms with Gasteiger partial charge in [-0.25, -0.2) is 4.98 Å². The minimum atomic E-state index is 0.229. The molecule has 0 bridgehead atoms. The molecule has 0 amide bonds. The first kappa shape index (κ1) is 21.9. The Hall–Kier alpha value is -2.90. The van der Waals surface area contributed by atoms with Crippen molar-refractivity contribution in [3.8, 4) is 0 Å². The molecule has 7 heteroatoms. The van der Waals surface area contributed by atoms with Crippen molar-refractivity contribution in [2.24, 2.45) is 4.99 Å². The van der Waals surface area contributed by atoms with E-state index in [2.05, 4.69) is 88.2 Å². The molecule has 4 heterocycles. The van der Waals surface area contributed by atoms with Crippen molar-refractivity contribution in [2.75, 3.05) is 39.3 Å². The topological polar surface area (TPSA) is 57.4 Å². The van der Waals surface area contributed by atoms with Crippen molar-refractivity contribution in [1.29, 1.82) is 0 Å². The Kier molecular flexibility index (Phi) is 6.60. The van der Waals surface area contributed by atoms with Crippen LogP contribution in [0.25, 0.3) is 5.65 Å². The second-order valence-corrected chi connectivity index (χ2v) is 8.98. The Bertz CT molecular complexity index is 1090. The van der Waals surface area contributed by atoms with Gasteiger partial charge in [0.05, 0.1) is 24.4 Å². The predicted molar refractivity (Wildman–Crippen MR) is 132 cm³/mol. The first-order valence-corrected chi connectivity index (χ1v) is 12.1. The molecular formula is C26H34N6O. The van der Waals surface area contributed by atoms with Crippen LogP contribution in [-0.4, -0.2) is 76.6 Å². The second-order valence-electron chi connectivity index (χ2n) is 8.98. The van der Waals surface area contributed by atoms with Gasteiger partial charge in [0.25, 0.3) is 0 Å². The zero-order valence-electron chi connectivity index (χ0n) is 19.7. The molecule has 2 saturated heterocycles. The number of nitrogens with zero attached hydrogens (tertiary/aromatic N) is 5. The van der Waals surface area contributed by atoms with Crippen molar-refractivity contribution in [2.45, 2.75) is 39.0 Å². The van der Waals surface area contributed by atoms with Gasteiger partial charge in [0, 0.05) is 58.1 Å². The van der Waals surface area contributed by atoms with E-state index >= 15 is 0 Å². The van der Waals surface area contributed by atoms with Crippen molar-refractivity contribution >= 4 is 11.6 Å². The number of pyridine rings is 1. The number of aliphatic imine (C=N–C) groups is 1. The standard InChI is InChI=1S/C26H34N6O/c1-3-27-26(28-12-11-22-17-31-13-7-8-20(2)25(31)29-22)32-18-23-24(19-32)33-15-14-30(23)16-21-9-5-4-6-10-21/h4-10,13,17,23-24H,3,11-12,14-16,18-19H2,1-2H3,(H,27,28). The quantitative estimate of drug-likeness (QED) is 0.466. The fourth-order valence-electron chi connectivity index (χ4n) is 4.97. The van der Waals surface area contributed by atoms with Gasteiger partial charge in [-0.1, -0.05) is 36.4 Å². The molecule has 2 atom stereocenters. The number of morpholine rings is 1. The van der Waals surface area contributed by atoms with Gasteiger partial charge >= 0.3 is 0 Å². The molecule has 2 unspecified atom stereocenters. The third-order valence-electron chi connectivity index (χ3n) is 6.64. The van der Waals surface area contributed by atoms with Gasteiger partial charge in [-0.3, -0.25) is 9.89 Å². The van der Waals surface area contributed by atoms with Crippen LogP contribution in [0, 0.1) is 6.92 Å². The van der Waals surface area contributed by atoms with Crippen LogP contribution in [0.5, 0.6) is 0 Å². The number of fused-ring (bicyclic) bond motifs is 2. The maximum absolute atomic E-state index is 6.17. The summed E-state index contributed by atoms with van der Waals surface area (Å²) in [4.78, 5) is 14.7. The molecule has 174 valence electrons. The van der Waals surface area contributed by atoms with Gasteiger partial charge in [-0.2, -0.15) is 0 Å². The molecule has 0 radical (unpaired) electrons. The molecule has 33 heavy (non-hydrogen) atoms. The van der Waals surface area contributed by atoms with E-state index in [0.29, 0.717) is 12.6 Å². The van der Waals surface area contributed by atoms with Crippen LogP contribution in [0.1, 0.15) is 23.7 Å². The summed E-state index contributed by atoms with van der Waals surface area (Å²) in [5, 5.41) is 3.50. The average Bonchev–Trinajstić information content (AvgIpc) is 3.45. The number of rotatable bonds is 6. The fraction of sp³-hybridized carbons (Fsp3) is 0.462. The third kappa shape index (κ3) is 4.89. The van der Waals surface area contributed by atoms with E-state index < -0.39 is 0 Å². The van der Waals surface area contributed by atoms with E-state index in [-0.39, 0.29) is 6.10 Å². The lowest BCUT2D eigenvalue weighted by Crippen LogP contribution is -2.50. The van der Waals surface area contributed by atoms with Gasteiger partial charge in [0.1, 0.15) is 5.65 Å². The number of nitrogens with one attached hydrogen (secondary N) is 1. The van der Waals surface area contributed by atoms with Crippen molar-refractivity contribution in [1.82, 2.24) is 24.5 Å². The second kappa shape index (κ2) is 9.93. The summed E-state index contributed by atoms with van der Waals surface area (Å²) >= 11 is 0. The van der Waals surface area contributed by atoms with Crippen molar-refractivity contribution in [3.05, 3.63) is 71.7 Å². The molecule has 0 aliphatic carbocycles. The summed E-state index contributed by atoms with van der Waals surface area (Å²) in [5.74, 6) is 0.982. The molecule has 2 aliphatic rings. The van der Waals surface area contributed by atoms with E-state index in [1.165, 1.54) is 11.1 Å². The average molecular weight is 447 g/mol. The van der Waals surface area contributed by atoms with Crippen molar-refractivity contribution < 1.29 is 4.74 Å². The number of likely N-dealkylation sites (tertiary alicyclic amines) is 1. The molecule has 1 N–H and O–H groups in total. The van der Waals surface area contributed by atoms with Crippen LogP contribution < -0.4 is 5.32 Å². The van der Waals surface area contributed by atoms with Gasteiger partial charge in [-0.05, 0) is 31.0 Å². The van der Waals surface area contributed by atoms with Crippen LogP contribution in [0.4, 0.5) is 0 Å². The first-order valence-electron chi connectivity index (χ1n) is 12.1. The van der Waals surface area contributed by atoms with Crippen LogP contribution in [0.15, 0.2) is 59.9 Å².